The Hall–Kier alpha value is -0.830. The predicted molar refractivity (Wildman–Crippen MR) is 61.9 cm³/mol. The van der Waals surface area contributed by atoms with Gasteiger partial charge in [0.2, 0.25) is 0 Å². The number of carbonyl (C=O) groups is 1. The number of carbonyl (C=O) groups excluding carboxylic acids is 1. The molecule has 0 radical (unpaired) electrons. The van der Waals surface area contributed by atoms with E-state index in [9.17, 15) is 4.79 Å². The highest BCUT2D eigenvalue weighted by Crippen LogP contribution is 2.08. The van der Waals surface area contributed by atoms with Gasteiger partial charge in [0.15, 0.2) is 0 Å². The number of nitrogens with one attached hydrogen (secondary N) is 1. The second-order valence-corrected chi connectivity index (χ2v) is 3.75. The fourth-order valence-corrected chi connectivity index (χ4v) is 1.50. The standard InChI is InChI=1S/C11H14BrNO/c1-2-9-5-3-4-6-10(9)11(14)13-8-7-12/h3-6H,2,7-8H2,1H3,(H,13,14). The van der Waals surface area contributed by atoms with E-state index in [1.54, 1.807) is 0 Å². The average molecular weight is 256 g/mol. The zero-order valence-electron chi connectivity index (χ0n) is 8.22. The van der Waals surface area contributed by atoms with Crippen LogP contribution in [-0.4, -0.2) is 17.8 Å². The van der Waals surface area contributed by atoms with Gasteiger partial charge in [0.1, 0.15) is 0 Å². The first-order valence-electron chi connectivity index (χ1n) is 4.71. The lowest BCUT2D eigenvalue weighted by atomic mass is 10.1. The SMILES string of the molecule is CCc1ccccc1C(=O)NCCBr. The van der Waals surface area contributed by atoms with E-state index in [1.807, 2.05) is 24.3 Å². The molecule has 0 aliphatic heterocycles. The number of halogens is 1. The van der Waals surface area contributed by atoms with E-state index in [-0.39, 0.29) is 5.91 Å². The molecular formula is C11H14BrNO. The molecule has 0 spiro atoms. The summed E-state index contributed by atoms with van der Waals surface area (Å²) in [7, 11) is 0. The molecule has 3 heteroatoms. The summed E-state index contributed by atoms with van der Waals surface area (Å²) >= 11 is 3.27. The van der Waals surface area contributed by atoms with Gasteiger partial charge in [0.25, 0.3) is 5.91 Å². The van der Waals surface area contributed by atoms with Gasteiger partial charge >= 0.3 is 0 Å². The molecule has 1 amide bonds. The third kappa shape index (κ3) is 2.84. The van der Waals surface area contributed by atoms with E-state index < -0.39 is 0 Å². The number of amides is 1. The van der Waals surface area contributed by atoms with Crippen LogP contribution < -0.4 is 5.32 Å². The molecule has 14 heavy (non-hydrogen) atoms. The number of hydrogen-bond donors (Lipinski definition) is 1. The van der Waals surface area contributed by atoms with Crippen molar-refractivity contribution in [2.24, 2.45) is 0 Å². The molecule has 0 aromatic heterocycles. The maximum atomic E-state index is 11.7. The lowest BCUT2D eigenvalue weighted by Gasteiger charge is -2.07. The zero-order chi connectivity index (χ0) is 10.4. The molecule has 0 atom stereocenters. The summed E-state index contributed by atoms with van der Waals surface area (Å²) in [5.41, 5.74) is 1.88. The molecule has 0 bridgehead atoms. The molecule has 2 nitrogen and oxygen atoms in total. The van der Waals surface area contributed by atoms with Crippen molar-refractivity contribution < 1.29 is 4.79 Å². The Morgan fingerprint density at radius 3 is 2.79 bits per heavy atom. The third-order valence-electron chi connectivity index (χ3n) is 2.02. The maximum absolute atomic E-state index is 11.7. The molecule has 0 saturated heterocycles. The fourth-order valence-electron chi connectivity index (χ4n) is 1.31. The molecule has 0 saturated carbocycles. The van der Waals surface area contributed by atoms with Crippen LogP contribution in [0.25, 0.3) is 0 Å². The number of rotatable bonds is 4. The molecule has 1 rings (SSSR count). The van der Waals surface area contributed by atoms with Crippen LogP contribution in [-0.2, 0) is 6.42 Å². The summed E-state index contributed by atoms with van der Waals surface area (Å²) in [4.78, 5) is 11.7. The highest BCUT2D eigenvalue weighted by atomic mass is 79.9. The summed E-state index contributed by atoms with van der Waals surface area (Å²) < 4.78 is 0. The molecule has 1 aromatic carbocycles. The van der Waals surface area contributed by atoms with Crippen molar-refractivity contribution in [3.8, 4) is 0 Å². The molecule has 0 heterocycles. The van der Waals surface area contributed by atoms with Gasteiger partial charge in [0.05, 0.1) is 0 Å². The van der Waals surface area contributed by atoms with Gasteiger partial charge in [-0.15, -0.1) is 0 Å². The van der Waals surface area contributed by atoms with Gasteiger partial charge < -0.3 is 5.32 Å². The molecule has 0 unspecified atom stereocenters. The zero-order valence-corrected chi connectivity index (χ0v) is 9.80. The van der Waals surface area contributed by atoms with E-state index >= 15 is 0 Å². The van der Waals surface area contributed by atoms with Crippen LogP contribution in [0.1, 0.15) is 22.8 Å². The van der Waals surface area contributed by atoms with Crippen LogP contribution in [0.5, 0.6) is 0 Å². The third-order valence-corrected chi connectivity index (χ3v) is 2.42. The average Bonchev–Trinajstić information content (AvgIpc) is 2.25. The second-order valence-electron chi connectivity index (χ2n) is 2.96. The van der Waals surface area contributed by atoms with Crippen molar-refractivity contribution >= 4 is 21.8 Å². The van der Waals surface area contributed by atoms with E-state index in [0.29, 0.717) is 6.54 Å². The highest BCUT2D eigenvalue weighted by Gasteiger charge is 2.07. The first kappa shape index (κ1) is 11.2. The van der Waals surface area contributed by atoms with Crippen molar-refractivity contribution in [1.29, 1.82) is 0 Å². The van der Waals surface area contributed by atoms with E-state index in [4.69, 9.17) is 0 Å². The summed E-state index contributed by atoms with van der Waals surface area (Å²) in [6, 6.07) is 7.70. The van der Waals surface area contributed by atoms with Gasteiger partial charge in [-0.05, 0) is 18.1 Å². The number of aryl methyl sites for hydroxylation is 1. The van der Waals surface area contributed by atoms with E-state index in [0.717, 1.165) is 22.9 Å². The largest absolute Gasteiger partial charge is 0.351 e. The number of alkyl halides is 1. The summed E-state index contributed by atoms with van der Waals surface area (Å²) in [6.45, 7) is 2.72. The molecule has 76 valence electrons. The number of benzene rings is 1. The monoisotopic (exact) mass is 255 g/mol. The Balaban J connectivity index is 2.78. The van der Waals surface area contributed by atoms with E-state index in [2.05, 4.69) is 28.2 Å². The Bertz CT molecular complexity index is 312. The summed E-state index contributed by atoms with van der Waals surface area (Å²) in [6.07, 6.45) is 0.887. The van der Waals surface area contributed by atoms with Gasteiger partial charge in [-0.2, -0.15) is 0 Å². The maximum Gasteiger partial charge on any atom is 0.251 e. The first-order chi connectivity index (χ1) is 6.79. The molecule has 1 N–H and O–H groups in total. The molecule has 0 aliphatic carbocycles. The molecule has 1 aromatic rings. The van der Waals surface area contributed by atoms with Gasteiger partial charge in [-0.25, -0.2) is 0 Å². The highest BCUT2D eigenvalue weighted by molar-refractivity contribution is 9.09. The van der Waals surface area contributed by atoms with Crippen LogP contribution in [0.3, 0.4) is 0 Å². The quantitative estimate of drug-likeness (QED) is 0.823. The fraction of sp³-hybridized carbons (Fsp3) is 0.364. The first-order valence-corrected chi connectivity index (χ1v) is 5.83. The minimum Gasteiger partial charge on any atom is -0.351 e. The Morgan fingerprint density at radius 1 is 1.43 bits per heavy atom. The topological polar surface area (TPSA) is 29.1 Å². The lowest BCUT2D eigenvalue weighted by molar-refractivity contribution is 0.0955. The number of hydrogen-bond acceptors (Lipinski definition) is 1. The van der Waals surface area contributed by atoms with Crippen molar-refractivity contribution in [3.05, 3.63) is 35.4 Å². The van der Waals surface area contributed by atoms with Crippen LogP contribution in [0.2, 0.25) is 0 Å². The molecule has 0 aliphatic rings. The van der Waals surface area contributed by atoms with E-state index in [1.165, 1.54) is 0 Å². The molecule has 0 fully saturated rings. The normalized spacial score (nSPS) is 9.86. The van der Waals surface area contributed by atoms with Crippen molar-refractivity contribution in [1.82, 2.24) is 5.32 Å². The lowest BCUT2D eigenvalue weighted by Crippen LogP contribution is -2.26. The van der Waals surface area contributed by atoms with Crippen LogP contribution in [0.15, 0.2) is 24.3 Å². The van der Waals surface area contributed by atoms with Crippen molar-refractivity contribution in [2.45, 2.75) is 13.3 Å². The summed E-state index contributed by atoms with van der Waals surface area (Å²) in [5.74, 6) is 0.0156. The smallest absolute Gasteiger partial charge is 0.251 e. The summed E-state index contributed by atoms with van der Waals surface area (Å²) in [5, 5.41) is 3.62. The molecular weight excluding hydrogens is 242 g/mol. The Labute approximate surface area is 92.8 Å². The van der Waals surface area contributed by atoms with Crippen LogP contribution >= 0.6 is 15.9 Å². The van der Waals surface area contributed by atoms with Gasteiger partial charge in [0, 0.05) is 17.4 Å². The Kier molecular flexibility index (Phi) is 4.66. The second kappa shape index (κ2) is 5.81. The van der Waals surface area contributed by atoms with Gasteiger partial charge in [-0.1, -0.05) is 41.1 Å². The minimum absolute atomic E-state index is 0.0156. The van der Waals surface area contributed by atoms with Gasteiger partial charge in [-0.3, -0.25) is 4.79 Å². The predicted octanol–water partition coefficient (Wildman–Crippen LogP) is 2.37. The minimum atomic E-state index is 0.0156. The Morgan fingerprint density at radius 2 is 2.14 bits per heavy atom. The van der Waals surface area contributed by atoms with Crippen molar-refractivity contribution in [2.75, 3.05) is 11.9 Å². The van der Waals surface area contributed by atoms with Crippen LogP contribution in [0, 0.1) is 0 Å². The van der Waals surface area contributed by atoms with Crippen molar-refractivity contribution in [3.63, 3.8) is 0 Å². The van der Waals surface area contributed by atoms with Crippen LogP contribution in [0.4, 0.5) is 0 Å².